The molecule has 2 fully saturated rings. The molecule has 1 aromatic carbocycles. The third-order valence-corrected chi connectivity index (χ3v) is 5.00. The molecule has 0 spiro atoms. The van der Waals surface area contributed by atoms with Crippen LogP contribution in [0, 0.1) is 5.82 Å². The Hall–Kier alpha value is -1.42. The van der Waals surface area contributed by atoms with Crippen molar-refractivity contribution in [3.05, 3.63) is 35.6 Å². The molecule has 1 amide bonds. The number of piperazine rings is 1. The molecule has 3 nitrogen and oxygen atoms in total. The molecule has 3 rings (SSSR count). The van der Waals surface area contributed by atoms with Crippen LogP contribution in [-0.4, -0.2) is 47.9 Å². The standard InChI is InChI=1S/C18H25FN2O/c19-16-6-4-5-15(13-16)14-18(22)21-11-9-20(10-12-21)17-7-2-1-3-8-17/h4-6,13,17H,1-3,7-12,14H2. The van der Waals surface area contributed by atoms with E-state index in [1.54, 1.807) is 6.07 Å². The van der Waals surface area contributed by atoms with Crippen molar-refractivity contribution in [1.82, 2.24) is 9.80 Å². The Kier molecular flexibility index (Phi) is 5.08. The SMILES string of the molecule is O=C(Cc1cccc(F)c1)N1CCN(C2CCCCC2)CC1. The van der Waals surface area contributed by atoms with Crippen molar-refractivity contribution in [2.45, 2.75) is 44.6 Å². The maximum absolute atomic E-state index is 13.2. The number of halogens is 1. The molecular formula is C18H25FN2O. The predicted octanol–water partition coefficient (Wildman–Crippen LogP) is 2.85. The summed E-state index contributed by atoms with van der Waals surface area (Å²) in [6.45, 7) is 3.59. The van der Waals surface area contributed by atoms with Gasteiger partial charge in [-0.25, -0.2) is 4.39 Å². The van der Waals surface area contributed by atoms with E-state index in [9.17, 15) is 9.18 Å². The van der Waals surface area contributed by atoms with Crippen LogP contribution < -0.4 is 0 Å². The molecule has 1 saturated carbocycles. The van der Waals surface area contributed by atoms with E-state index in [-0.39, 0.29) is 11.7 Å². The van der Waals surface area contributed by atoms with Gasteiger partial charge in [-0.3, -0.25) is 9.69 Å². The Labute approximate surface area is 132 Å². The Morgan fingerprint density at radius 1 is 1.09 bits per heavy atom. The molecule has 0 radical (unpaired) electrons. The molecule has 1 aliphatic carbocycles. The number of carbonyl (C=O) groups is 1. The van der Waals surface area contributed by atoms with Gasteiger partial charge in [0.05, 0.1) is 6.42 Å². The van der Waals surface area contributed by atoms with E-state index in [0.717, 1.165) is 37.8 Å². The zero-order chi connectivity index (χ0) is 15.4. The highest BCUT2D eigenvalue weighted by Crippen LogP contribution is 2.23. The van der Waals surface area contributed by atoms with E-state index in [0.29, 0.717) is 6.42 Å². The number of benzene rings is 1. The summed E-state index contributed by atoms with van der Waals surface area (Å²) in [5.74, 6) is -0.152. The summed E-state index contributed by atoms with van der Waals surface area (Å²) in [7, 11) is 0. The van der Waals surface area contributed by atoms with Crippen LogP contribution in [0.3, 0.4) is 0 Å². The van der Waals surface area contributed by atoms with Crippen LogP contribution in [0.15, 0.2) is 24.3 Å². The third-order valence-electron chi connectivity index (χ3n) is 5.00. The summed E-state index contributed by atoms with van der Waals surface area (Å²) in [5.41, 5.74) is 0.764. The van der Waals surface area contributed by atoms with E-state index in [1.807, 2.05) is 11.0 Å². The van der Waals surface area contributed by atoms with Crippen molar-refractivity contribution in [2.75, 3.05) is 26.2 Å². The van der Waals surface area contributed by atoms with Gasteiger partial charge in [-0.05, 0) is 30.5 Å². The topological polar surface area (TPSA) is 23.6 Å². The smallest absolute Gasteiger partial charge is 0.227 e. The Morgan fingerprint density at radius 2 is 1.82 bits per heavy atom. The molecule has 1 aromatic rings. The fourth-order valence-corrected chi connectivity index (χ4v) is 3.72. The third kappa shape index (κ3) is 3.86. The van der Waals surface area contributed by atoms with Gasteiger partial charge in [0.15, 0.2) is 0 Å². The molecule has 0 bridgehead atoms. The second-order valence-corrected chi connectivity index (χ2v) is 6.52. The number of hydrogen-bond donors (Lipinski definition) is 0. The summed E-state index contributed by atoms with van der Waals surface area (Å²) < 4.78 is 13.2. The molecule has 0 aromatic heterocycles. The highest BCUT2D eigenvalue weighted by atomic mass is 19.1. The first-order valence-corrected chi connectivity index (χ1v) is 8.48. The van der Waals surface area contributed by atoms with Crippen LogP contribution in [0.2, 0.25) is 0 Å². The first-order valence-electron chi connectivity index (χ1n) is 8.48. The molecule has 0 unspecified atom stereocenters. The van der Waals surface area contributed by atoms with E-state index >= 15 is 0 Å². The van der Waals surface area contributed by atoms with Gasteiger partial charge >= 0.3 is 0 Å². The average molecular weight is 304 g/mol. The lowest BCUT2D eigenvalue weighted by molar-refractivity contribution is -0.132. The van der Waals surface area contributed by atoms with Gasteiger partial charge in [0.25, 0.3) is 0 Å². The molecular weight excluding hydrogens is 279 g/mol. The minimum absolute atomic E-state index is 0.119. The van der Waals surface area contributed by atoms with Crippen molar-refractivity contribution < 1.29 is 9.18 Å². The van der Waals surface area contributed by atoms with E-state index in [1.165, 1.54) is 44.2 Å². The van der Waals surface area contributed by atoms with Crippen molar-refractivity contribution in [1.29, 1.82) is 0 Å². The number of amides is 1. The molecule has 2 aliphatic rings. The second kappa shape index (κ2) is 7.23. The summed E-state index contributed by atoms with van der Waals surface area (Å²) in [6, 6.07) is 7.08. The molecule has 1 aliphatic heterocycles. The second-order valence-electron chi connectivity index (χ2n) is 6.52. The van der Waals surface area contributed by atoms with Gasteiger partial charge < -0.3 is 4.90 Å². The molecule has 4 heteroatoms. The van der Waals surface area contributed by atoms with Gasteiger partial charge in [-0.15, -0.1) is 0 Å². The number of rotatable bonds is 3. The number of carbonyl (C=O) groups excluding carboxylic acids is 1. The summed E-state index contributed by atoms with van der Waals surface area (Å²) in [4.78, 5) is 16.8. The molecule has 1 saturated heterocycles. The highest BCUT2D eigenvalue weighted by molar-refractivity contribution is 5.78. The fourth-order valence-electron chi connectivity index (χ4n) is 3.72. The van der Waals surface area contributed by atoms with Crippen LogP contribution in [0.25, 0.3) is 0 Å². The van der Waals surface area contributed by atoms with E-state index in [2.05, 4.69) is 4.90 Å². The molecule has 0 atom stereocenters. The Bertz CT molecular complexity index is 506. The van der Waals surface area contributed by atoms with Crippen LogP contribution in [0.5, 0.6) is 0 Å². The maximum atomic E-state index is 13.2. The summed E-state index contributed by atoms with van der Waals surface area (Å²) in [5, 5.41) is 0. The zero-order valence-electron chi connectivity index (χ0n) is 13.1. The van der Waals surface area contributed by atoms with E-state index < -0.39 is 0 Å². The van der Waals surface area contributed by atoms with Crippen molar-refractivity contribution in [2.24, 2.45) is 0 Å². The number of hydrogen-bond acceptors (Lipinski definition) is 2. The first-order chi connectivity index (χ1) is 10.7. The van der Waals surface area contributed by atoms with Gasteiger partial charge in [-0.2, -0.15) is 0 Å². The van der Waals surface area contributed by atoms with Crippen LogP contribution in [0.4, 0.5) is 4.39 Å². The molecule has 1 heterocycles. The van der Waals surface area contributed by atoms with Crippen molar-refractivity contribution in [3.8, 4) is 0 Å². The average Bonchev–Trinajstić information content (AvgIpc) is 2.56. The monoisotopic (exact) mass is 304 g/mol. The van der Waals surface area contributed by atoms with Gasteiger partial charge in [0.1, 0.15) is 5.82 Å². The quantitative estimate of drug-likeness (QED) is 0.857. The summed E-state index contributed by atoms with van der Waals surface area (Å²) in [6.07, 6.45) is 7.02. The zero-order valence-corrected chi connectivity index (χ0v) is 13.1. The van der Waals surface area contributed by atoms with Crippen molar-refractivity contribution >= 4 is 5.91 Å². The lowest BCUT2D eigenvalue weighted by Crippen LogP contribution is -2.52. The lowest BCUT2D eigenvalue weighted by atomic mass is 9.94. The Balaban J connectivity index is 1.49. The largest absolute Gasteiger partial charge is 0.340 e. The minimum Gasteiger partial charge on any atom is -0.340 e. The van der Waals surface area contributed by atoms with E-state index in [4.69, 9.17) is 0 Å². The fraction of sp³-hybridized carbons (Fsp3) is 0.611. The van der Waals surface area contributed by atoms with Gasteiger partial charge in [0.2, 0.25) is 5.91 Å². The molecule has 22 heavy (non-hydrogen) atoms. The minimum atomic E-state index is -0.271. The van der Waals surface area contributed by atoms with Crippen LogP contribution >= 0.6 is 0 Å². The highest BCUT2D eigenvalue weighted by Gasteiger charge is 2.26. The predicted molar refractivity (Wildman–Crippen MR) is 85.1 cm³/mol. The van der Waals surface area contributed by atoms with Crippen LogP contribution in [0.1, 0.15) is 37.7 Å². The first kappa shape index (κ1) is 15.5. The molecule has 0 N–H and O–H groups in total. The maximum Gasteiger partial charge on any atom is 0.227 e. The molecule has 120 valence electrons. The van der Waals surface area contributed by atoms with Gasteiger partial charge in [-0.1, -0.05) is 31.4 Å². The normalized spacial score (nSPS) is 21.0. The van der Waals surface area contributed by atoms with Crippen LogP contribution in [-0.2, 0) is 11.2 Å². The number of nitrogens with zero attached hydrogens (tertiary/aromatic N) is 2. The summed E-state index contributed by atoms with van der Waals surface area (Å²) >= 11 is 0. The lowest BCUT2D eigenvalue weighted by Gasteiger charge is -2.40. The van der Waals surface area contributed by atoms with Crippen molar-refractivity contribution in [3.63, 3.8) is 0 Å². The Morgan fingerprint density at radius 3 is 2.50 bits per heavy atom. The van der Waals surface area contributed by atoms with Gasteiger partial charge in [0, 0.05) is 32.2 Å².